The Bertz CT molecular complexity index is 651. The fraction of sp³-hybridized carbons (Fsp3) is 0.188. The first kappa shape index (κ1) is 14.9. The van der Waals surface area contributed by atoms with Crippen LogP contribution in [0, 0.1) is 13.8 Å². The van der Waals surface area contributed by atoms with Crippen molar-refractivity contribution in [3.05, 3.63) is 63.1 Å². The van der Waals surface area contributed by atoms with E-state index in [2.05, 4.69) is 0 Å². The van der Waals surface area contributed by atoms with Crippen LogP contribution in [0.15, 0.2) is 36.4 Å². The zero-order valence-corrected chi connectivity index (χ0v) is 12.8. The second kappa shape index (κ2) is 6.29. The highest BCUT2D eigenvalue weighted by atomic mass is 35.5. The van der Waals surface area contributed by atoms with Crippen LogP contribution in [0.5, 0.6) is 5.75 Å². The molecule has 0 aliphatic rings. The van der Waals surface area contributed by atoms with Crippen LogP contribution < -0.4 is 4.74 Å². The standard InChI is InChI=1S/C16H14Cl2O2/c1-10-4-3-5-16(11(10)2)20-9-15(19)13-7-6-12(17)8-14(13)18/h3-8H,9H2,1-2H3. The molecule has 0 spiro atoms. The van der Waals surface area contributed by atoms with Crippen LogP contribution in [0.3, 0.4) is 0 Å². The smallest absolute Gasteiger partial charge is 0.201 e. The number of carbonyl (C=O) groups excluding carboxylic acids is 1. The Morgan fingerprint density at radius 1 is 1.15 bits per heavy atom. The van der Waals surface area contributed by atoms with Gasteiger partial charge in [0.05, 0.1) is 5.02 Å². The molecule has 0 fully saturated rings. The Balaban J connectivity index is 2.11. The van der Waals surface area contributed by atoms with Crippen molar-refractivity contribution in [1.29, 1.82) is 0 Å². The van der Waals surface area contributed by atoms with Gasteiger partial charge in [0.25, 0.3) is 0 Å². The molecule has 4 heteroatoms. The van der Waals surface area contributed by atoms with Crippen molar-refractivity contribution in [3.8, 4) is 5.75 Å². The number of aryl methyl sites for hydroxylation is 1. The molecule has 0 bridgehead atoms. The molecular weight excluding hydrogens is 295 g/mol. The number of Topliss-reactive ketones (excluding diaryl/α,β-unsaturated/α-hetero) is 1. The maximum Gasteiger partial charge on any atom is 0.201 e. The van der Waals surface area contributed by atoms with Crippen LogP contribution >= 0.6 is 23.2 Å². The van der Waals surface area contributed by atoms with Gasteiger partial charge < -0.3 is 4.74 Å². The van der Waals surface area contributed by atoms with Gasteiger partial charge in [-0.2, -0.15) is 0 Å². The third-order valence-electron chi connectivity index (χ3n) is 3.15. The van der Waals surface area contributed by atoms with Crippen molar-refractivity contribution < 1.29 is 9.53 Å². The summed E-state index contributed by atoms with van der Waals surface area (Å²) in [6.07, 6.45) is 0. The SMILES string of the molecule is Cc1cccc(OCC(=O)c2ccc(Cl)cc2Cl)c1C. The summed E-state index contributed by atoms with van der Waals surface area (Å²) in [6.45, 7) is 3.91. The predicted molar refractivity (Wildman–Crippen MR) is 82.2 cm³/mol. The summed E-state index contributed by atoms with van der Waals surface area (Å²) in [5, 5.41) is 0.842. The summed E-state index contributed by atoms with van der Waals surface area (Å²) in [4.78, 5) is 12.1. The molecule has 0 saturated carbocycles. The van der Waals surface area contributed by atoms with E-state index in [4.69, 9.17) is 27.9 Å². The van der Waals surface area contributed by atoms with Gasteiger partial charge in [0.2, 0.25) is 5.78 Å². The molecule has 0 heterocycles. The molecule has 0 unspecified atom stereocenters. The van der Waals surface area contributed by atoms with Gasteiger partial charge in [0.1, 0.15) is 5.75 Å². The van der Waals surface area contributed by atoms with Gasteiger partial charge in [-0.3, -0.25) is 4.79 Å². The monoisotopic (exact) mass is 308 g/mol. The Hall–Kier alpha value is -1.51. The molecule has 0 radical (unpaired) electrons. The molecule has 0 amide bonds. The van der Waals surface area contributed by atoms with Crippen molar-refractivity contribution in [1.82, 2.24) is 0 Å². The Morgan fingerprint density at radius 3 is 2.60 bits per heavy atom. The highest BCUT2D eigenvalue weighted by Gasteiger charge is 2.12. The molecule has 104 valence electrons. The molecule has 0 aliphatic heterocycles. The van der Waals surface area contributed by atoms with Gasteiger partial charge in [0, 0.05) is 10.6 Å². The van der Waals surface area contributed by atoms with Crippen LogP contribution in [0.1, 0.15) is 21.5 Å². The molecule has 2 aromatic rings. The second-order valence-corrected chi connectivity index (χ2v) is 5.38. The minimum atomic E-state index is -0.174. The van der Waals surface area contributed by atoms with Crippen LogP contribution in [0.25, 0.3) is 0 Å². The molecular formula is C16H14Cl2O2. The highest BCUT2D eigenvalue weighted by molar-refractivity contribution is 6.36. The van der Waals surface area contributed by atoms with Gasteiger partial charge in [-0.15, -0.1) is 0 Å². The summed E-state index contributed by atoms with van der Waals surface area (Å²) < 4.78 is 5.58. The van der Waals surface area contributed by atoms with E-state index in [-0.39, 0.29) is 12.4 Å². The molecule has 0 N–H and O–H groups in total. The van der Waals surface area contributed by atoms with E-state index in [1.807, 2.05) is 32.0 Å². The fourth-order valence-electron chi connectivity index (χ4n) is 1.82. The van der Waals surface area contributed by atoms with Gasteiger partial charge in [0.15, 0.2) is 6.61 Å². The summed E-state index contributed by atoms with van der Waals surface area (Å²) in [5.41, 5.74) is 2.57. The topological polar surface area (TPSA) is 26.3 Å². The minimum absolute atomic E-state index is 0.0500. The fourth-order valence-corrected chi connectivity index (χ4v) is 2.33. The van der Waals surface area contributed by atoms with Crippen molar-refractivity contribution in [3.63, 3.8) is 0 Å². The van der Waals surface area contributed by atoms with Crippen LogP contribution in [-0.4, -0.2) is 12.4 Å². The van der Waals surface area contributed by atoms with E-state index in [0.717, 1.165) is 11.1 Å². The molecule has 0 aromatic heterocycles. The normalized spacial score (nSPS) is 10.4. The van der Waals surface area contributed by atoms with Gasteiger partial charge in [-0.25, -0.2) is 0 Å². The summed E-state index contributed by atoms with van der Waals surface area (Å²) >= 11 is 11.8. The number of ketones is 1. The summed E-state index contributed by atoms with van der Waals surface area (Å²) in [7, 11) is 0. The van der Waals surface area contributed by atoms with E-state index in [1.165, 1.54) is 0 Å². The molecule has 2 rings (SSSR count). The zero-order valence-electron chi connectivity index (χ0n) is 11.2. The summed E-state index contributed by atoms with van der Waals surface area (Å²) in [6, 6.07) is 10.5. The minimum Gasteiger partial charge on any atom is -0.485 e. The lowest BCUT2D eigenvalue weighted by molar-refractivity contribution is 0.0921. The summed E-state index contributed by atoms with van der Waals surface area (Å²) in [5.74, 6) is 0.538. The first-order chi connectivity index (χ1) is 9.49. The highest BCUT2D eigenvalue weighted by Crippen LogP contribution is 2.23. The van der Waals surface area contributed by atoms with Crippen molar-refractivity contribution in [2.45, 2.75) is 13.8 Å². The third-order valence-corrected chi connectivity index (χ3v) is 3.69. The first-order valence-corrected chi connectivity index (χ1v) is 6.92. The largest absolute Gasteiger partial charge is 0.485 e. The maximum absolute atomic E-state index is 12.1. The molecule has 0 saturated heterocycles. The van der Waals surface area contributed by atoms with Crippen molar-refractivity contribution >= 4 is 29.0 Å². The number of ether oxygens (including phenoxy) is 1. The first-order valence-electron chi connectivity index (χ1n) is 6.16. The predicted octanol–water partition coefficient (Wildman–Crippen LogP) is 4.87. The van der Waals surface area contributed by atoms with Crippen molar-refractivity contribution in [2.24, 2.45) is 0 Å². The van der Waals surface area contributed by atoms with Crippen LogP contribution in [-0.2, 0) is 0 Å². The second-order valence-electron chi connectivity index (χ2n) is 4.53. The van der Waals surface area contributed by atoms with Crippen LogP contribution in [0.4, 0.5) is 0 Å². The van der Waals surface area contributed by atoms with Crippen molar-refractivity contribution in [2.75, 3.05) is 6.61 Å². The van der Waals surface area contributed by atoms with E-state index < -0.39 is 0 Å². The lowest BCUT2D eigenvalue weighted by atomic mass is 10.1. The quantitative estimate of drug-likeness (QED) is 0.753. The van der Waals surface area contributed by atoms with E-state index in [1.54, 1.807) is 18.2 Å². The average molecular weight is 309 g/mol. The maximum atomic E-state index is 12.1. The van der Waals surface area contributed by atoms with Gasteiger partial charge in [-0.05, 0) is 49.2 Å². The number of hydrogen-bond acceptors (Lipinski definition) is 2. The molecule has 2 nitrogen and oxygen atoms in total. The van der Waals surface area contributed by atoms with Gasteiger partial charge in [-0.1, -0.05) is 35.3 Å². The van der Waals surface area contributed by atoms with E-state index in [0.29, 0.717) is 21.4 Å². The number of hydrogen-bond donors (Lipinski definition) is 0. The Labute approximate surface area is 128 Å². The zero-order chi connectivity index (χ0) is 14.7. The van der Waals surface area contributed by atoms with Crippen LogP contribution in [0.2, 0.25) is 10.0 Å². The average Bonchev–Trinajstić information content (AvgIpc) is 2.40. The number of rotatable bonds is 4. The van der Waals surface area contributed by atoms with E-state index in [9.17, 15) is 4.79 Å². The third kappa shape index (κ3) is 3.33. The number of halogens is 2. The van der Waals surface area contributed by atoms with Gasteiger partial charge >= 0.3 is 0 Å². The Morgan fingerprint density at radius 2 is 1.90 bits per heavy atom. The Kier molecular flexibility index (Phi) is 4.69. The number of benzene rings is 2. The van der Waals surface area contributed by atoms with E-state index >= 15 is 0 Å². The number of carbonyl (C=O) groups is 1. The molecule has 2 aromatic carbocycles. The molecule has 0 atom stereocenters. The lowest BCUT2D eigenvalue weighted by Gasteiger charge is -2.10. The molecule has 20 heavy (non-hydrogen) atoms. The molecule has 0 aliphatic carbocycles. The lowest BCUT2D eigenvalue weighted by Crippen LogP contribution is -2.12.